The van der Waals surface area contributed by atoms with Crippen LogP contribution in [0.2, 0.25) is 0 Å². The number of nitrogens with one attached hydrogen (secondary N) is 1. The zero-order chi connectivity index (χ0) is 21.6. The van der Waals surface area contributed by atoms with Gasteiger partial charge in [-0.1, -0.05) is 6.07 Å². The van der Waals surface area contributed by atoms with Gasteiger partial charge in [-0.3, -0.25) is 24.7 Å². The summed E-state index contributed by atoms with van der Waals surface area (Å²) in [7, 11) is 1.66. The fourth-order valence-corrected chi connectivity index (χ4v) is 4.78. The molecule has 30 heavy (non-hydrogen) atoms. The third-order valence-electron chi connectivity index (χ3n) is 6.00. The van der Waals surface area contributed by atoms with Gasteiger partial charge in [0, 0.05) is 25.8 Å². The molecule has 3 unspecified atom stereocenters. The molecule has 9 nitrogen and oxygen atoms in total. The number of likely N-dealkylation sites (N-methyl/N-ethyl adjacent to an activating group) is 1. The monoisotopic (exact) mass is 415 g/mol. The van der Waals surface area contributed by atoms with E-state index in [4.69, 9.17) is 4.74 Å². The maximum Gasteiger partial charge on any atom is 0.328 e. The fraction of sp³-hybridized carbons (Fsp3) is 0.571. The minimum absolute atomic E-state index is 0.198. The molecule has 3 heterocycles. The van der Waals surface area contributed by atoms with Gasteiger partial charge in [-0.25, -0.2) is 4.79 Å². The summed E-state index contributed by atoms with van der Waals surface area (Å²) in [5.41, 5.74) is 3.46. The zero-order valence-corrected chi connectivity index (χ0v) is 17.9. The van der Waals surface area contributed by atoms with E-state index in [0.717, 1.165) is 30.1 Å². The molecule has 0 saturated carbocycles. The van der Waals surface area contributed by atoms with Gasteiger partial charge in [0.05, 0.1) is 6.61 Å². The molecule has 4 rings (SSSR count). The standard InChI is InChI=1S/C21H29N5O4/c1-5-30-16(27)12-26-19(28)17-18(23(4)21(26)29)22-20-24(7-6-8-25(17)20)15-10-13(2)9-14(3)11-15/h9-11,17-18,20,22H,5-8,12H2,1-4H3. The lowest BCUT2D eigenvalue weighted by Gasteiger charge is -2.43. The van der Waals surface area contributed by atoms with Crippen LogP contribution in [0, 0.1) is 13.8 Å². The number of nitrogens with zero attached hydrogens (tertiary/aromatic N) is 4. The fourth-order valence-electron chi connectivity index (χ4n) is 4.78. The second-order valence-electron chi connectivity index (χ2n) is 8.18. The summed E-state index contributed by atoms with van der Waals surface area (Å²) in [5, 5.41) is 3.49. The Morgan fingerprint density at radius 1 is 1.17 bits per heavy atom. The minimum atomic E-state index is -0.580. The van der Waals surface area contributed by atoms with Gasteiger partial charge in [-0.15, -0.1) is 0 Å². The lowest BCUT2D eigenvalue weighted by atomic mass is 10.1. The first kappa shape index (κ1) is 20.6. The quantitative estimate of drug-likeness (QED) is 0.730. The maximum absolute atomic E-state index is 13.3. The van der Waals surface area contributed by atoms with Gasteiger partial charge in [-0.2, -0.15) is 0 Å². The lowest BCUT2D eigenvalue weighted by molar-refractivity contribution is -0.151. The SMILES string of the molecule is CCOC(=O)CN1C(=O)C2C(NC3N(c4cc(C)cc(C)c4)CCCN23)N(C)C1=O. The number of anilines is 1. The number of hydrogen-bond acceptors (Lipinski definition) is 7. The first-order valence-electron chi connectivity index (χ1n) is 10.4. The first-order valence-corrected chi connectivity index (χ1v) is 10.4. The highest BCUT2D eigenvalue weighted by atomic mass is 16.5. The topological polar surface area (TPSA) is 85.4 Å². The first-order chi connectivity index (χ1) is 14.3. The van der Waals surface area contributed by atoms with Crippen molar-refractivity contribution < 1.29 is 19.1 Å². The number of benzene rings is 1. The largest absolute Gasteiger partial charge is 0.465 e. The van der Waals surface area contributed by atoms with Gasteiger partial charge in [0.2, 0.25) is 0 Å². The van der Waals surface area contributed by atoms with Crippen LogP contribution in [0.15, 0.2) is 18.2 Å². The predicted octanol–water partition coefficient (Wildman–Crippen LogP) is 0.854. The molecule has 3 aliphatic rings. The number of hydrogen-bond donors (Lipinski definition) is 1. The van der Waals surface area contributed by atoms with Gasteiger partial charge >= 0.3 is 12.0 Å². The van der Waals surface area contributed by atoms with Gasteiger partial charge in [0.25, 0.3) is 5.91 Å². The molecule has 162 valence electrons. The van der Waals surface area contributed by atoms with E-state index in [-0.39, 0.29) is 25.3 Å². The molecular weight excluding hydrogens is 386 g/mol. The zero-order valence-electron chi connectivity index (χ0n) is 17.9. The number of aryl methyl sites for hydroxylation is 2. The Morgan fingerprint density at radius 2 is 1.87 bits per heavy atom. The number of carbonyl (C=O) groups is 3. The van der Waals surface area contributed by atoms with Crippen LogP contribution < -0.4 is 10.2 Å². The van der Waals surface area contributed by atoms with Crippen molar-refractivity contribution in [1.82, 2.24) is 20.0 Å². The highest BCUT2D eigenvalue weighted by Gasteiger charge is 2.56. The number of rotatable bonds is 4. The Bertz CT molecular complexity index is 855. The number of imide groups is 1. The number of fused-ring (bicyclic) bond motifs is 3. The van der Waals surface area contributed by atoms with Crippen molar-refractivity contribution in [2.24, 2.45) is 0 Å². The number of carbonyl (C=O) groups excluding carboxylic acids is 3. The van der Waals surface area contributed by atoms with Crippen molar-refractivity contribution in [2.75, 3.05) is 38.2 Å². The van der Waals surface area contributed by atoms with Crippen molar-refractivity contribution in [1.29, 1.82) is 0 Å². The second-order valence-corrected chi connectivity index (χ2v) is 8.18. The van der Waals surface area contributed by atoms with Crippen LogP contribution in [0.25, 0.3) is 0 Å². The lowest BCUT2D eigenvalue weighted by Crippen LogP contribution is -2.67. The second kappa shape index (κ2) is 7.88. The molecule has 3 aliphatic heterocycles. The molecule has 9 heteroatoms. The van der Waals surface area contributed by atoms with E-state index in [2.05, 4.69) is 47.2 Å². The Labute approximate surface area is 176 Å². The number of urea groups is 1. The van der Waals surface area contributed by atoms with E-state index >= 15 is 0 Å². The van der Waals surface area contributed by atoms with Gasteiger partial charge in [0.15, 0.2) is 0 Å². The van der Waals surface area contributed by atoms with E-state index in [9.17, 15) is 14.4 Å². The molecule has 1 aromatic rings. The Morgan fingerprint density at radius 3 is 2.53 bits per heavy atom. The van der Waals surface area contributed by atoms with Crippen molar-refractivity contribution in [2.45, 2.75) is 45.7 Å². The number of ether oxygens (including phenoxy) is 1. The summed E-state index contributed by atoms with van der Waals surface area (Å²) < 4.78 is 4.95. The Hall–Kier alpha value is -2.65. The molecule has 0 aliphatic carbocycles. The Balaban J connectivity index is 1.62. The predicted molar refractivity (Wildman–Crippen MR) is 111 cm³/mol. The maximum atomic E-state index is 13.3. The van der Waals surface area contributed by atoms with E-state index < -0.39 is 24.2 Å². The molecule has 0 radical (unpaired) electrons. The van der Waals surface area contributed by atoms with Crippen LogP contribution in [0.1, 0.15) is 24.5 Å². The van der Waals surface area contributed by atoms with Gasteiger partial charge in [-0.05, 0) is 50.5 Å². The average Bonchev–Trinajstić information content (AvgIpc) is 3.09. The van der Waals surface area contributed by atoms with Gasteiger partial charge < -0.3 is 14.5 Å². The van der Waals surface area contributed by atoms with Crippen LogP contribution >= 0.6 is 0 Å². The molecule has 3 saturated heterocycles. The van der Waals surface area contributed by atoms with Gasteiger partial charge in [0.1, 0.15) is 25.0 Å². The molecule has 1 aromatic carbocycles. The summed E-state index contributed by atoms with van der Waals surface area (Å²) in [6, 6.07) is 5.39. The third-order valence-corrected chi connectivity index (χ3v) is 6.00. The molecule has 3 atom stereocenters. The van der Waals surface area contributed by atoms with Crippen molar-refractivity contribution in [3.63, 3.8) is 0 Å². The number of amides is 3. The van der Waals surface area contributed by atoms with Crippen molar-refractivity contribution >= 4 is 23.6 Å². The summed E-state index contributed by atoms with van der Waals surface area (Å²) in [4.78, 5) is 44.9. The molecule has 3 amide bonds. The number of esters is 1. The highest BCUT2D eigenvalue weighted by Crippen LogP contribution is 2.33. The van der Waals surface area contributed by atoms with Crippen LogP contribution in [0.4, 0.5) is 10.5 Å². The summed E-state index contributed by atoms with van der Waals surface area (Å²) in [6.45, 7) is 7.28. The molecule has 0 bridgehead atoms. The van der Waals surface area contributed by atoms with E-state index in [0.29, 0.717) is 0 Å². The summed E-state index contributed by atoms with van der Waals surface area (Å²) >= 11 is 0. The summed E-state index contributed by atoms with van der Waals surface area (Å²) in [6.07, 6.45) is 0.258. The smallest absolute Gasteiger partial charge is 0.328 e. The normalized spacial score (nSPS) is 26.7. The van der Waals surface area contributed by atoms with Crippen LogP contribution in [0.5, 0.6) is 0 Å². The van der Waals surface area contributed by atoms with Crippen LogP contribution in [-0.4, -0.2) is 84.4 Å². The van der Waals surface area contributed by atoms with Crippen LogP contribution in [-0.2, 0) is 14.3 Å². The van der Waals surface area contributed by atoms with E-state index in [1.165, 1.54) is 16.0 Å². The highest BCUT2D eigenvalue weighted by molar-refractivity contribution is 6.02. The molecule has 1 N–H and O–H groups in total. The molecular formula is C21H29N5O4. The minimum Gasteiger partial charge on any atom is -0.465 e. The van der Waals surface area contributed by atoms with Crippen LogP contribution in [0.3, 0.4) is 0 Å². The molecule has 3 fully saturated rings. The van der Waals surface area contributed by atoms with Crippen molar-refractivity contribution in [3.8, 4) is 0 Å². The molecule has 0 spiro atoms. The molecule has 0 aromatic heterocycles. The third kappa shape index (κ3) is 3.41. The van der Waals surface area contributed by atoms with Crippen molar-refractivity contribution in [3.05, 3.63) is 29.3 Å². The summed E-state index contributed by atoms with van der Waals surface area (Å²) in [5.74, 6) is -0.933. The Kier molecular flexibility index (Phi) is 5.42. The average molecular weight is 415 g/mol. The van der Waals surface area contributed by atoms with E-state index in [1.54, 1.807) is 14.0 Å². The van der Waals surface area contributed by atoms with E-state index in [1.807, 2.05) is 0 Å².